The van der Waals surface area contributed by atoms with Crippen molar-refractivity contribution in [3.8, 4) is 0 Å². The molecule has 0 radical (unpaired) electrons. The van der Waals surface area contributed by atoms with Crippen LogP contribution in [0.25, 0.3) is 0 Å². The summed E-state index contributed by atoms with van der Waals surface area (Å²) in [6.07, 6.45) is 2.96. The molecule has 0 saturated heterocycles. The van der Waals surface area contributed by atoms with E-state index in [9.17, 15) is 0 Å². The quantitative estimate of drug-likeness (QED) is 0.851. The normalized spacial score (nSPS) is 10.8. The van der Waals surface area contributed by atoms with Crippen LogP contribution in [0.2, 0.25) is 5.02 Å². The van der Waals surface area contributed by atoms with Gasteiger partial charge in [0.2, 0.25) is 0 Å². The maximum Gasteiger partial charge on any atom is 0.135 e. The Kier molecular flexibility index (Phi) is 4.55. The maximum atomic E-state index is 6.08. The molecule has 18 heavy (non-hydrogen) atoms. The zero-order valence-corrected chi connectivity index (χ0v) is 11.8. The summed E-state index contributed by atoms with van der Waals surface area (Å²) < 4.78 is 1.81. The Labute approximate surface area is 116 Å². The van der Waals surface area contributed by atoms with Gasteiger partial charge >= 0.3 is 0 Å². The fraction of sp³-hybridized carbons (Fsp3) is 0.308. The van der Waals surface area contributed by atoms with Crippen molar-refractivity contribution in [2.45, 2.75) is 24.8 Å². The third-order valence-corrected chi connectivity index (χ3v) is 4.00. The first-order valence-electron chi connectivity index (χ1n) is 5.89. The predicted molar refractivity (Wildman–Crippen MR) is 78.2 cm³/mol. The number of hydrogen-bond donors (Lipinski definition) is 1. The summed E-state index contributed by atoms with van der Waals surface area (Å²) in [5.41, 5.74) is 7.18. The third-order valence-electron chi connectivity index (χ3n) is 2.53. The minimum atomic E-state index is 0.652. The lowest BCUT2D eigenvalue weighted by Gasteiger charge is -2.05. The van der Waals surface area contributed by atoms with Crippen LogP contribution in [-0.4, -0.2) is 15.5 Å². The third kappa shape index (κ3) is 3.21. The monoisotopic (exact) mass is 281 g/mol. The van der Waals surface area contributed by atoms with Crippen molar-refractivity contribution in [2.75, 3.05) is 11.5 Å². The summed E-state index contributed by atoms with van der Waals surface area (Å²) in [6.45, 7) is 2.80. The molecule has 2 aromatic rings. The molecule has 1 aromatic carbocycles. The molecule has 0 aliphatic heterocycles. The molecule has 2 N–H and O–H groups in total. The van der Waals surface area contributed by atoms with E-state index < -0.39 is 0 Å². The summed E-state index contributed by atoms with van der Waals surface area (Å²) in [7, 11) is 0. The van der Waals surface area contributed by atoms with Gasteiger partial charge in [0, 0.05) is 5.02 Å². The van der Waals surface area contributed by atoms with E-state index in [4.69, 9.17) is 17.3 Å². The van der Waals surface area contributed by atoms with Crippen LogP contribution in [0.5, 0.6) is 0 Å². The van der Waals surface area contributed by atoms with Crippen molar-refractivity contribution in [2.24, 2.45) is 0 Å². The van der Waals surface area contributed by atoms with E-state index in [0.29, 0.717) is 6.54 Å². The van der Waals surface area contributed by atoms with Crippen LogP contribution in [0.3, 0.4) is 0 Å². The molecule has 0 atom stereocenters. The van der Waals surface area contributed by atoms with Gasteiger partial charge in [-0.05, 0) is 29.9 Å². The molecule has 0 amide bonds. The smallest absolute Gasteiger partial charge is 0.135 e. The van der Waals surface area contributed by atoms with Gasteiger partial charge in [-0.25, -0.2) is 4.68 Å². The topological polar surface area (TPSA) is 43.8 Å². The number of hydrogen-bond acceptors (Lipinski definition) is 3. The maximum absolute atomic E-state index is 6.08. The Bertz CT molecular complexity index is 525. The molecule has 1 heterocycles. The summed E-state index contributed by atoms with van der Waals surface area (Å²) in [4.78, 5) is 1.05. The molecular formula is C13H16ClN3S. The first-order chi connectivity index (χ1) is 8.70. The number of nitrogen functional groups attached to an aromatic ring is 1. The molecule has 96 valence electrons. The lowest BCUT2D eigenvalue weighted by atomic mass is 10.2. The number of nitrogens with two attached hydrogens (primary N) is 1. The number of rotatable bonds is 5. The lowest BCUT2D eigenvalue weighted by Crippen LogP contribution is -2.06. The first kappa shape index (κ1) is 13.3. The van der Waals surface area contributed by atoms with E-state index in [1.165, 1.54) is 0 Å². The van der Waals surface area contributed by atoms with Gasteiger partial charge in [-0.1, -0.05) is 30.7 Å². The number of halogens is 1. The molecule has 0 spiro atoms. The van der Waals surface area contributed by atoms with Crippen LogP contribution in [0.15, 0.2) is 35.4 Å². The van der Waals surface area contributed by atoms with Crippen LogP contribution in [-0.2, 0) is 6.54 Å². The van der Waals surface area contributed by atoms with Gasteiger partial charge in [-0.15, -0.1) is 11.8 Å². The molecule has 0 aliphatic rings. The Morgan fingerprint density at radius 1 is 1.44 bits per heavy atom. The molecule has 0 aliphatic carbocycles. The first-order valence-corrected chi connectivity index (χ1v) is 7.25. The van der Waals surface area contributed by atoms with Crippen LogP contribution in [0.1, 0.15) is 18.9 Å². The van der Waals surface area contributed by atoms with E-state index in [1.54, 1.807) is 11.8 Å². The number of benzene rings is 1. The van der Waals surface area contributed by atoms with Crippen molar-refractivity contribution in [3.05, 3.63) is 41.0 Å². The number of aromatic nitrogens is 2. The average molecular weight is 282 g/mol. The molecule has 0 unspecified atom stereocenters. The minimum absolute atomic E-state index is 0.652. The number of anilines is 1. The second kappa shape index (κ2) is 6.16. The fourth-order valence-corrected chi connectivity index (χ4v) is 2.65. The highest BCUT2D eigenvalue weighted by molar-refractivity contribution is 7.99. The van der Waals surface area contributed by atoms with Crippen molar-refractivity contribution < 1.29 is 0 Å². The molecule has 0 fully saturated rings. The van der Waals surface area contributed by atoms with E-state index in [0.717, 1.165) is 33.5 Å². The highest BCUT2D eigenvalue weighted by atomic mass is 35.5. The summed E-state index contributed by atoms with van der Waals surface area (Å²) in [5, 5.41) is 5.06. The summed E-state index contributed by atoms with van der Waals surface area (Å²) >= 11 is 7.71. The molecule has 3 nitrogen and oxygen atoms in total. The van der Waals surface area contributed by atoms with Crippen LogP contribution < -0.4 is 5.73 Å². The van der Waals surface area contributed by atoms with Crippen molar-refractivity contribution in [3.63, 3.8) is 0 Å². The molecule has 1 aromatic heterocycles. The second-order valence-electron chi connectivity index (χ2n) is 4.03. The molecule has 5 heteroatoms. The zero-order valence-electron chi connectivity index (χ0n) is 10.3. The molecule has 0 bridgehead atoms. The van der Waals surface area contributed by atoms with E-state index >= 15 is 0 Å². The zero-order chi connectivity index (χ0) is 13.0. The van der Waals surface area contributed by atoms with Crippen molar-refractivity contribution in [1.82, 2.24) is 9.78 Å². The summed E-state index contributed by atoms with van der Waals surface area (Å²) in [5.74, 6) is 1.79. The van der Waals surface area contributed by atoms with Gasteiger partial charge in [0.15, 0.2) is 0 Å². The molecule has 0 saturated carbocycles. The van der Waals surface area contributed by atoms with Crippen LogP contribution >= 0.6 is 23.4 Å². The Balaban J connectivity index is 2.12. The fourth-order valence-electron chi connectivity index (χ4n) is 1.64. The number of nitrogens with zero attached hydrogens (tertiary/aromatic N) is 2. The van der Waals surface area contributed by atoms with Crippen molar-refractivity contribution in [1.29, 1.82) is 0 Å². The van der Waals surface area contributed by atoms with Gasteiger partial charge in [0.05, 0.1) is 17.6 Å². The Hall–Kier alpha value is -1.13. The SMILES string of the molecule is CCCSc1cnn(Cc2cccc(Cl)c2)c1N. The van der Waals surface area contributed by atoms with Gasteiger partial charge in [0.25, 0.3) is 0 Å². The van der Waals surface area contributed by atoms with Crippen LogP contribution in [0, 0.1) is 0 Å². The van der Waals surface area contributed by atoms with Crippen LogP contribution in [0.4, 0.5) is 5.82 Å². The Morgan fingerprint density at radius 3 is 3.00 bits per heavy atom. The predicted octanol–water partition coefficient (Wildman–Crippen LogP) is 3.67. The summed E-state index contributed by atoms with van der Waals surface area (Å²) in [6, 6.07) is 7.75. The van der Waals surface area contributed by atoms with E-state index in [-0.39, 0.29) is 0 Å². The highest BCUT2D eigenvalue weighted by Crippen LogP contribution is 2.25. The molecule has 2 rings (SSSR count). The van der Waals surface area contributed by atoms with Gasteiger partial charge in [0.1, 0.15) is 5.82 Å². The van der Waals surface area contributed by atoms with E-state index in [2.05, 4.69) is 12.0 Å². The van der Waals surface area contributed by atoms with Gasteiger partial charge < -0.3 is 5.73 Å². The standard InChI is InChI=1S/C13H16ClN3S/c1-2-6-18-12-8-16-17(13(12)15)9-10-4-3-5-11(14)7-10/h3-5,7-8H,2,6,9,15H2,1H3. The molecular weight excluding hydrogens is 266 g/mol. The number of thioether (sulfide) groups is 1. The lowest BCUT2D eigenvalue weighted by molar-refractivity contribution is 0.696. The minimum Gasteiger partial charge on any atom is -0.383 e. The van der Waals surface area contributed by atoms with Gasteiger partial charge in [-0.3, -0.25) is 0 Å². The average Bonchev–Trinajstić information content (AvgIpc) is 2.69. The highest BCUT2D eigenvalue weighted by Gasteiger charge is 2.08. The van der Waals surface area contributed by atoms with Gasteiger partial charge in [-0.2, -0.15) is 5.10 Å². The second-order valence-corrected chi connectivity index (χ2v) is 5.60. The van der Waals surface area contributed by atoms with Crippen molar-refractivity contribution >= 4 is 29.2 Å². The van der Waals surface area contributed by atoms with E-state index in [1.807, 2.05) is 35.1 Å². The largest absolute Gasteiger partial charge is 0.383 e. The Morgan fingerprint density at radius 2 is 2.28 bits per heavy atom.